The minimum atomic E-state index is -0.448. The van der Waals surface area contributed by atoms with Crippen molar-refractivity contribution in [3.05, 3.63) is 23.9 Å². The first-order valence-electron chi connectivity index (χ1n) is 7.76. The quantitative estimate of drug-likeness (QED) is 0.827. The van der Waals surface area contributed by atoms with Gasteiger partial charge in [0, 0.05) is 44.4 Å². The number of amides is 2. The molecule has 0 aromatic carbocycles. The van der Waals surface area contributed by atoms with Crippen molar-refractivity contribution in [2.45, 2.75) is 24.9 Å². The summed E-state index contributed by atoms with van der Waals surface area (Å²) in [6.45, 7) is 1.83. The topological polar surface area (TPSA) is 72.0 Å². The summed E-state index contributed by atoms with van der Waals surface area (Å²) < 4.78 is 10.6. The molecule has 0 bridgehead atoms. The Labute approximate surface area is 135 Å². The van der Waals surface area contributed by atoms with Gasteiger partial charge >= 0.3 is 6.09 Å². The van der Waals surface area contributed by atoms with E-state index in [0.29, 0.717) is 37.5 Å². The van der Waals surface area contributed by atoms with Gasteiger partial charge in [-0.2, -0.15) is 0 Å². The van der Waals surface area contributed by atoms with Crippen LogP contribution in [0.5, 0.6) is 5.88 Å². The Morgan fingerprint density at radius 1 is 1.39 bits per heavy atom. The highest BCUT2D eigenvalue weighted by molar-refractivity contribution is 5.94. The molecule has 1 aromatic rings. The van der Waals surface area contributed by atoms with Crippen LogP contribution < -0.4 is 4.74 Å². The van der Waals surface area contributed by atoms with Crippen LogP contribution in [-0.4, -0.2) is 66.2 Å². The van der Waals surface area contributed by atoms with Crippen molar-refractivity contribution in [2.24, 2.45) is 0 Å². The number of hydrogen-bond acceptors (Lipinski definition) is 5. The second kappa shape index (κ2) is 6.06. The predicted octanol–water partition coefficient (Wildman–Crippen LogP) is 1.54. The molecule has 0 radical (unpaired) electrons. The van der Waals surface area contributed by atoms with Crippen molar-refractivity contribution in [2.75, 3.05) is 33.8 Å². The van der Waals surface area contributed by atoms with Crippen LogP contribution in [0.15, 0.2) is 18.3 Å². The standard InChI is InChI=1S/C16H21N3O4/c1-18-11-16(23-15(18)21)5-3-8-19(9-6-16)14(20)12-4-7-17-13(10-12)22-2/h4,7,10H,3,5-6,8-9,11H2,1-2H3/t16-/m1/s1. The molecule has 1 aromatic heterocycles. The highest BCUT2D eigenvalue weighted by atomic mass is 16.6. The van der Waals surface area contributed by atoms with Gasteiger partial charge in [0.05, 0.1) is 13.7 Å². The largest absolute Gasteiger partial charge is 0.481 e. The second-order valence-electron chi connectivity index (χ2n) is 6.14. The molecule has 7 heteroatoms. The number of methoxy groups -OCH3 is 1. The fourth-order valence-corrected chi connectivity index (χ4v) is 3.26. The number of carbonyl (C=O) groups is 2. The summed E-state index contributed by atoms with van der Waals surface area (Å²) in [4.78, 5) is 31.8. The Hall–Kier alpha value is -2.31. The van der Waals surface area contributed by atoms with Crippen LogP contribution in [-0.2, 0) is 4.74 Å². The number of aromatic nitrogens is 1. The van der Waals surface area contributed by atoms with E-state index in [9.17, 15) is 9.59 Å². The van der Waals surface area contributed by atoms with Crippen LogP contribution in [0.25, 0.3) is 0 Å². The van der Waals surface area contributed by atoms with E-state index in [-0.39, 0.29) is 12.0 Å². The number of hydrogen-bond donors (Lipinski definition) is 0. The lowest BCUT2D eigenvalue weighted by Crippen LogP contribution is -2.36. The Bertz CT molecular complexity index is 621. The average Bonchev–Trinajstić information content (AvgIpc) is 2.73. The molecule has 0 N–H and O–H groups in total. The summed E-state index contributed by atoms with van der Waals surface area (Å²) in [6, 6.07) is 3.33. The number of rotatable bonds is 2. The van der Waals surface area contributed by atoms with Crippen LogP contribution in [0.3, 0.4) is 0 Å². The Kier molecular flexibility index (Phi) is 4.11. The molecule has 7 nitrogen and oxygen atoms in total. The molecule has 2 saturated heterocycles. The lowest BCUT2D eigenvalue weighted by Gasteiger charge is -2.25. The SMILES string of the molecule is COc1cc(C(=O)N2CCC[C@@]3(CC2)CN(C)C(=O)O3)ccn1. The second-order valence-corrected chi connectivity index (χ2v) is 6.14. The van der Waals surface area contributed by atoms with Gasteiger partial charge in [-0.15, -0.1) is 0 Å². The smallest absolute Gasteiger partial charge is 0.410 e. The third kappa shape index (κ3) is 3.09. The molecule has 2 aliphatic rings. The van der Waals surface area contributed by atoms with Gasteiger partial charge in [0.15, 0.2) is 0 Å². The summed E-state index contributed by atoms with van der Waals surface area (Å²) in [6.07, 6.45) is 3.56. The molecule has 0 saturated carbocycles. The molecule has 2 aliphatic heterocycles. The maximum Gasteiger partial charge on any atom is 0.410 e. The fraction of sp³-hybridized carbons (Fsp3) is 0.562. The number of ether oxygens (including phenoxy) is 2. The molecule has 1 atom stereocenters. The first-order valence-corrected chi connectivity index (χ1v) is 7.76. The maximum atomic E-state index is 12.7. The molecule has 3 rings (SSSR count). The summed E-state index contributed by atoms with van der Waals surface area (Å²) in [5.41, 5.74) is 0.116. The van der Waals surface area contributed by atoms with Gasteiger partial charge in [-0.25, -0.2) is 9.78 Å². The Morgan fingerprint density at radius 2 is 2.22 bits per heavy atom. The molecule has 3 heterocycles. The van der Waals surface area contributed by atoms with E-state index in [2.05, 4.69) is 4.98 Å². The molecule has 2 amide bonds. The number of likely N-dealkylation sites (tertiary alicyclic amines) is 1. The third-order valence-electron chi connectivity index (χ3n) is 4.52. The normalized spacial score (nSPS) is 24.5. The number of likely N-dealkylation sites (N-methyl/N-ethyl adjacent to an activating group) is 1. The molecule has 124 valence electrons. The summed E-state index contributed by atoms with van der Waals surface area (Å²) in [5, 5.41) is 0. The Morgan fingerprint density at radius 3 is 2.91 bits per heavy atom. The summed E-state index contributed by atoms with van der Waals surface area (Å²) in [5.74, 6) is 0.383. The highest BCUT2D eigenvalue weighted by Gasteiger charge is 2.44. The summed E-state index contributed by atoms with van der Waals surface area (Å²) >= 11 is 0. The van der Waals surface area contributed by atoms with E-state index in [1.54, 1.807) is 30.3 Å². The van der Waals surface area contributed by atoms with Crippen molar-refractivity contribution < 1.29 is 19.1 Å². The van der Waals surface area contributed by atoms with E-state index < -0.39 is 5.60 Å². The monoisotopic (exact) mass is 319 g/mol. The van der Waals surface area contributed by atoms with E-state index in [4.69, 9.17) is 9.47 Å². The molecular weight excluding hydrogens is 298 g/mol. The van der Waals surface area contributed by atoms with Crippen molar-refractivity contribution in [3.63, 3.8) is 0 Å². The highest BCUT2D eigenvalue weighted by Crippen LogP contribution is 2.32. The zero-order valence-corrected chi connectivity index (χ0v) is 13.4. The van der Waals surface area contributed by atoms with Crippen molar-refractivity contribution in [1.82, 2.24) is 14.8 Å². The minimum Gasteiger partial charge on any atom is -0.481 e. The minimum absolute atomic E-state index is 0.0413. The van der Waals surface area contributed by atoms with Crippen LogP contribution in [0, 0.1) is 0 Å². The first-order chi connectivity index (χ1) is 11.0. The van der Waals surface area contributed by atoms with E-state index in [0.717, 1.165) is 12.8 Å². The lowest BCUT2D eigenvalue weighted by atomic mass is 9.95. The zero-order chi connectivity index (χ0) is 16.4. The van der Waals surface area contributed by atoms with Gasteiger partial charge in [-0.3, -0.25) is 4.79 Å². The van der Waals surface area contributed by atoms with E-state index in [1.807, 2.05) is 4.90 Å². The van der Waals surface area contributed by atoms with Gasteiger partial charge < -0.3 is 19.3 Å². The van der Waals surface area contributed by atoms with Crippen LogP contribution in [0.1, 0.15) is 29.6 Å². The van der Waals surface area contributed by atoms with E-state index >= 15 is 0 Å². The number of nitrogens with zero attached hydrogens (tertiary/aromatic N) is 3. The average molecular weight is 319 g/mol. The number of pyridine rings is 1. The van der Waals surface area contributed by atoms with Gasteiger partial charge in [-0.1, -0.05) is 0 Å². The van der Waals surface area contributed by atoms with E-state index in [1.165, 1.54) is 7.11 Å². The molecule has 2 fully saturated rings. The fourth-order valence-electron chi connectivity index (χ4n) is 3.26. The number of carbonyl (C=O) groups excluding carboxylic acids is 2. The molecule has 0 unspecified atom stereocenters. The van der Waals surface area contributed by atoms with Crippen LogP contribution in [0.2, 0.25) is 0 Å². The van der Waals surface area contributed by atoms with Gasteiger partial charge in [-0.05, 0) is 18.9 Å². The van der Waals surface area contributed by atoms with Gasteiger partial charge in [0.1, 0.15) is 5.60 Å². The first kappa shape index (κ1) is 15.6. The molecular formula is C16H21N3O4. The Balaban J connectivity index is 1.70. The molecule has 1 spiro atoms. The van der Waals surface area contributed by atoms with Crippen molar-refractivity contribution in [1.29, 1.82) is 0 Å². The maximum absolute atomic E-state index is 12.7. The molecule has 23 heavy (non-hydrogen) atoms. The van der Waals surface area contributed by atoms with Crippen molar-refractivity contribution in [3.8, 4) is 5.88 Å². The zero-order valence-electron chi connectivity index (χ0n) is 13.4. The van der Waals surface area contributed by atoms with Crippen LogP contribution >= 0.6 is 0 Å². The third-order valence-corrected chi connectivity index (χ3v) is 4.52. The molecule has 0 aliphatic carbocycles. The lowest BCUT2D eigenvalue weighted by molar-refractivity contribution is 0.0438. The predicted molar refractivity (Wildman–Crippen MR) is 82.4 cm³/mol. The van der Waals surface area contributed by atoms with Gasteiger partial charge in [0.2, 0.25) is 5.88 Å². The van der Waals surface area contributed by atoms with Gasteiger partial charge in [0.25, 0.3) is 5.91 Å². The van der Waals surface area contributed by atoms with Crippen molar-refractivity contribution >= 4 is 12.0 Å². The summed E-state index contributed by atoms with van der Waals surface area (Å²) in [7, 11) is 3.27. The van der Waals surface area contributed by atoms with Crippen LogP contribution in [0.4, 0.5) is 4.79 Å².